The van der Waals surface area contributed by atoms with Crippen LogP contribution in [0.15, 0.2) is 53.1 Å². The maximum atomic E-state index is 5.53. The Labute approximate surface area is 175 Å². The van der Waals surface area contributed by atoms with Crippen LogP contribution in [0.5, 0.6) is 0 Å². The molecule has 0 N–H and O–H groups in total. The second-order valence-corrected chi connectivity index (χ2v) is 7.72. The lowest BCUT2D eigenvalue weighted by Crippen LogP contribution is -2.38. The van der Waals surface area contributed by atoms with E-state index >= 15 is 0 Å². The first kappa shape index (κ1) is 19.0. The van der Waals surface area contributed by atoms with Gasteiger partial charge in [-0.05, 0) is 18.6 Å². The third-order valence-corrected chi connectivity index (χ3v) is 5.55. The van der Waals surface area contributed by atoms with Crippen molar-refractivity contribution in [3.63, 3.8) is 0 Å². The number of para-hydroxylation sites is 1. The first-order chi connectivity index (χ1) is 14.8. The van der Waals surface area contributed by atoms with Crippen LogP contribution < -0.4 is 0 Å². The minimum atomic E-state index is 0.540. The van der Waals surface area contributed by atoms with Crippen molar-refractivity contribution in [1.29, 1.82) is 0 Å². The van der Waals surface area contributed by atoms with Gasteiger partial charge in [-0.15, -0.1) is 0 Å². The highest BCUT2D eigenvalue weighted by molar-refractivity contribution is 5.91. The average molecular weight is 403 g/mol. The van der Waals surface area contributed by atoms with E-state index in [0.29, 0.717) is 18.1 Å². The van der Waals surface area contributed by atoms with Crippen LogP contribution in [0.4, 0.5) is 0 Å². The number of nitrogens with zero attached hydrogens (tertiary/aromatic N) is 5. The largest absolute Gasteiger partial charge is 0.379 e. The number of hydrogen-bond acceptors (Lipinski definition) is 6. The summed E-state index contributed by atoms with van der Waals surface area (Å²) in [4.78, 5) is 7.04. The van der Waals surface area contributed by atoms with Gasteiger partial charge in [-0.3, -0.25) is 9.58 Å². The maximum Gasteiger partial charge on any atom is 0.231 e. The predicted octanol–water partition coefficient (Wildman–Crippen LogP) is 3.32. The highest BCUT2D eigenvalue weighted by Gasteiger charge is 2.18. The molecule has 0 atom stereocenters. The van der Waals surface area contributed by atoms with E-state index in [1.807, 2.05) is 12.1 Å². The molecule has 4 aromatic rings. The van der Waals surface area contributed by atoms with Crippen LogP contribution in [-0.2, 0) is 17.7 Å². The standard InChI is InChI=1S/C23H25N5O2/c1-17-6-8-18(9-7-17)16-21-24-23(26-30-21)22-19-4-2-3-5-20(19)28(25-22)11-10-27-12-14-29-15-13-27/h2-9H,10-16H2,1H3. The van der Waals surface area contributed by atoms with Crippen LogP contribution in [0.1, 0.15) is 17.0 Å². The van der Waals surface area contributed by atoms with Crippen molar-refractivity contribution in [2.45, 2.75) is 19.9 Å². The fourth-order valence-corrected chi connectivity index (χ4v) is 3.83. The molecule has 2 aromatic heterocycles. The lowest BCUT2D eigenvalue weighted by Gasteiger charge is -2.26. The van der Waals surface area contributed by atoms with Crippen molar-refractivity contribution < 1.29 is 9.26 Å². The third kappa shape index (κ3) is 3.99. The lowest BCUT2D eigenvalue weighted by atomic mass is 10.1. The summed E-state index contributed by atoms with van der Waals surface area (Å²) in [5, 5.41) is 10.1. The van der Waals surface area contributed by atoms with Crippen molar-refractivity contribution in [3.8, 4) is 11.5 Å². The molecular formula is C23H25N5O2. The Morgan fingerprint density at radius 3 is 2.60 bits per heavy atom. The van der Waals surface area contributed by atoms with Gasteiger partial charge in [0.05, 0.1) is 31.7 Å². The molecule has 0 bridgehead atoms. The van der Waals surface area contributed by atoms with Crippen molar-refractivity contribution in [2.75, 3.05) is 32.8 Å². The highest BCUT2D eigenvalue weighted by atomic mass is 16.5. The van der Waals surface area contributed by atoms with Gasteiger partial charge in [-0.25, -0.2) is 0 Å². The Morgan fingerprint density at radius 1 is 0.967 bits per heavy atom. The number of hydrogen-bond donors (Lipinski definition) is 0. The van der Waals surface area contributed by atoms with E-state index < -0.39 is 0 Å². The van der Waals surface area contributed by atoms with E-state index in [0.717, 1.165) is 61.6 Å². The highest BCUT2D eigenvalue weighted by Crippen LogP contribution is 2.26. The van der Waals surface area contributed by atoms with Gasteiger partial charge >= 0.3 is 0 Å². The van der Waals surface area contributed by atoms with Gasteiger partial charge < -0.3 is 9.26 Å². The van der Waals surface area contributed by atoms with E-state index in [1.54, 1.807) is 0 Å². The molecule has 0 aliphatic carbocycles. The van der Waals surface area contributed by atoms with Crippen LogP contribution in [0.2, 0.25) is 0 Å². The summed E-state index contributed by atoms with van der Waals surface area (Å²) in [5.41, 5.74) is 4.24. The van der Waals surface area contributed by atoms with E-state index in [4.69, 9.17) is 14.4 Å². The van der Waals surface area contributed by atoms with Gasteiger partial charge in [0, 0.05) is 25.0 Å². The minimum absolute atomic E-state index is 0.540. The molecule has 7 nitrogen and oxygen atoms in total. The summed E-state index contributed by atoms with van der Waals surface area (Å²) in [5.74, 6) is 1.14. The van der Waals surface area contributed by atoms with Gasteiger partial charge in [-0.1, -0.05) is 53.2 Å². The molecule has 0 amide bonds. The van der Waals surface area contributed by atoms with Crippen LogP contribution in [0, 0.1) is 6.92 Å². The van der Waals surface area contributed by atoms with Crippen molar-refractivity contribution in [1.82, 2.24) is 24.8 Å². The van der Waals surface area contributed by atoms with Gasteiger partial charge in [0.2, 0.25) is 11.7 Å². The number of benzene rings is 2. The Hall–Kier alpha value is -3.03. The zero-order valence-corrected chi connectivity index (χ0v) is 17.1. The van der Waals surface area contributed by atoms with Gasteiger partial charge in [0.25, 0.3) is 0 Å². The summed E-state index contributed by atoms with van der Waals surface area (Å²) >= 11 is 0. The molecule has 1 saturated heterocycles. The molecule has 0 spiro atoms. The minimum Gasteiger partial charge on any atom is -0.379 e. The third-order valence-electron chi connectivity index (χ3n) is 5.55. The Bertz CT molecular complexity index is 1130. The van der Waals surface area contributed by atoms with Crippen LogP contribution in [0.25, 0.3) is 22.4 Å². The number of fused-ring (bicyclic) bond motifs is 1. The molecule has 1 aliphatic rings. The molecule has 154 valence electrons. The Balaban J connectivity index is 1.39. The van der Waals surface area contributed by atoms with Crippen LogP contribution in [0.3, 0.4) is 0 Å². The Kier molecular flexibility index (Phi) is 5.29. The zero-order valence-electron chi connectivity index (χ0n) is 17.1. The first-order valence-corrected chi connectivity index (χ1v) is 10.4. The van der Waals surface area contributed by atoms with E-state index in [9.17, 15) is 0 Å². The maximum absolute atomic E-state index is 5.53. The van der Waals surface area contributed by atoms with E-state index in [2.05, 4.69) is 63.0 Å². The smallest absolute Gasteiger partial charge is 0.231 e. The topological polar surface area (TPSA) is 69.2 Å². The molecule has 30 heavy (non-hydrogen) atoms. The normalized spacial score (nSPS) is 15.1. The molecule has 0 unspecified atom stereocenters. The van der Waals surface area contributed by atoms with Crippen molar-refractivity contribution >= 4 is 10.9 Å². The second kappa shape index (κ2) is 8.38. The van der Waals surface area contributed by atoms with Crippen molar-refractivity contribution in [3.05, 3.63) is 65.5 Å². The number of ether oxygens (including phenoxy) is 1. The number of morpholine rings is 1. The summed E-state index contributed by atoms with van der Waals surface area (Å²) in [6.45, 7) is 7.39. The molecule has 7 heteroatoms. The molecule has 3 heterocycles. The number of rotatable bonds is 6. The molecule has 1 aliphatic heterocycles. The monoisotopic (exact) mass is 403 g/mol. The van der Waals surface area contributed by atoms with E-state index in [1.165, 1.54) is 5.56 Å². The van der Waals surface area contributed by atoms with E-state index in [-0.39, 0.29) is 0 Å². The van der Waals surface area contributed by atoms with Gasteiger partial charge in [0.15, 0.2) is 0 Å². The molecule has 0 saturated carbocycles. The summed E-state index contributed by atoms with van der Waals surface area (Å²) in [6.07, 6.45) is 0.614. The molecule has 1 fully saturated rings. The number of aromatic nitrogens is 4. The predicted molar refractivity (Wildman–Crippen MR) is 114 cm³/mol. The average Bonchev–Trinajstić information content (AvgIpc) is 3.39. The fourth-order valence-electron chi connectivity index (χ4n) is 3.83. The zero-order chi connectivity index (χ0) is 20.3. The lowest BCUT2D eigenvalue weighted by molar-refractivity contribution is 0.0361. The second-order valence-electron chi connectivity index (χ2n) is 7.72. The molecular weight excluding hydrogens is 378 g/mol. The first-order valence-electron chi connectivity index (χ1n) is 10.4. The molecule has 0 radical (unpaired) electrons. The quantitative estimate of drug-likeness (QED) is 0.492. The summed E-state index contributed by atoms with van der Waals surface area (Å²) in [7, 11) is 0. The van der Waals surface area contributed by atoms with Crippen LogP contribution >= 0.6 is 0 Å². The Morgan fingerprint density at radius 2 is 1.77 bits per heavy atom. The van der Waals surface area contributed by atoms with Gasteiger partial charge in [0.1, 0.15) is 5.69 Å². The molecule has 2 aromatic carbocycles. The summed E-state index contributed by atoms with van der Waals surface area (Å²) in [6, 6.07) is 16.6. The summed E-state index contributed by atoms with van der Waals surface area (Å²) < 4.78 is 13.0. The van der Waals surface area contributed by atoms with Crippen LogP contribution in [-0.4, -0.2) is 57.7 Å². The SMILES string of the molecule is Cc1ccc(Cc2nc(-c3nn(CCN4CCOCC4)c4ccccc34)no2)cc1. The fraction of sp³-hybridized carbons (Fsp3) is 0.348. The molecule has 5 rings (SSSR count). The van der Waals surface area contributed by atoms with Crippen molar-refractivity contribution in [2.24, 2.45) is 0 Å². The van der Waals surface area contributed by atoms with Gasteiger partial charge in [-0.2, -0.15) is 10.1 Å². The number of aryl methyl sites for hydroxylation is 1.